The van der Waals surface area contributed by atoms with Crippen LogP contribution in [-0.2, 0) is 10.0 Å². The molecule has 1 amide bonds. The number of rotatable bonds is 3. The molecule has 5 nitrogen and oxygen atoms in total. The fourth-order valence-electron chi connectivity index (χ4n) is 3.35. The minimum absolute atomic E-state index is 0.0704. The van der Waals surface area contributed by atoms with Crippen LogP contribution in [0.5, 0.6) is 0 Å². The standard InChI is InChI=1S/C16H20F2N2O3S/c17-14-6-5-12(11-15(14)18)16(21)19-7-9-20(10-8-19)24(22,23)13-3-1-2-4-13/h5-6,11,13H,1-4,7-10H2. The molecule has 1 aromatic carbocycles. The highest BCUT2D eigenvalue weighted by Crippen LogP contribution is 2.27. The molecule has 3 rings (SSSR count). The molecule has 2 fully saturated rings. The van der Waals surface area contributed by atoms with Crippen molar-refractivity contribution < 1.29 is 22.0 Å². The minimum atomic E-state index is -3.30. The number of sulfonamides is 1. The third kappa shape index (κ3) is 3.30. The molecule has 0 spiro atoms. The van der Waals surface area contributed by atoms with Crippen molar-refractivity contribution in [2.75, 3.05) is 26.2 Å². The summed E-state index contributed by atoms with van der Waals surface area (Å²) in [5.41, 5.74) is 0.0704. The van der Waals surface area contributed by atoms with Crippen molar-refractivity contribution in [1.82, 2.24) is 9.21 Å². The largest absolute Gasteiger partial charge is 0.336 e. The smallest absolute Gasteiger partial charge is 0.254 e. The van der Waals surface area contributed by atoms with Crippen LogP contribution in [0.4, 0.5) is 8.78 Å². The van der Waals surface area contributed by atoms with Gasteiger partial charge >= 0.3 is 0 Å². The highest BCUT2D eigenvalue weighted by Gasteiger charge is 2.36. The lowest BCUT2D eigenvalue weighted by molar-refractivity contribution is 0.0696. The third-order valence-corrected chi connectivity index (χ3v) is 7.17. The second-order valence-corrected chi connectivity index (χ2v) is 8.48. The van der Waals surface area contributed by atoms with Crippen LogP contribution >= 0.6 is 0 Å². The Labute approximate surface area is 140 Å². The third-order valence-electron chi connectivity index (χ3n) is 4.78. The quantitative estimate of drug-likeness (QED) is 0.830. The molecule has 0 unspecified atom stereocenters. The van der Waals surface area contributed by atoms with E-state index in [1.54, 1.807) is 0 Å². The molecular formula is C16H20F2N2O3S. The lowest BCUT2D eigenvalue weighted by Gasteiger charge is -2.35. The molecule has 132 valence electrons. The van der Waals surface area contributed by atoms with E-state index in [1.807, 2.05) is 0 Å². The van der Waals surface area contributed by atoms with Crippen LogP contribution in [0.3, 0.4) is 0 Å². The molecule has 24 heavy (non-hydrogen) atoms. The van der Waals surface area contributed by atoms with Crippen LogP contribution < -0.4 is 0 Å². The maximum Gasteiger partial charge on any atom is 0.254 e. The summed E-state index contributed by atoms with van der Waals surface area (Å²) in [4.78, 5) is 13.8. The van der Waals surface area contributed by atoms with E-state index in [0.29, 0.717) is 12.8 Å². The summed E-state index contributed by atoms with van der Waals surface area (Å²) in [5.74, 6) is -2.48. The predicted octanol–water partition coefficient (Wildman–Crippen LogP) is 2.00. The molecule has 0 aromatic heterocycles. The van der Waals surface area contributed by atoms with Crippen molar-refractivity contribution in [3.05, 3.63) is 35.4 Å². The molecule has 0 radical (unpaired) electrons. The summed E-state index contributed by atoms with van der Waals surface area (Å²) in [5, 5.41) is -0.300. The van der Waals surface area contributed by atoms with Gasteiger partial charge in [0.25, 0.3) is 5.91 Å². The van der Waals surface area contributed by atoms with Crippen LogP contribution in [-0.4, -0.2) is 55.0 Å². The number of piperazine rings is 1. The Morgan fingerprint density at radius 3 is 2.21 bits per heavy atom. The predicted molar refractivity (Wildman–Crippen MR) is 85.0 cm³/mol. The highest BCUT2D eigenvalue weighted by atomic mass is 32.2. The van der Waals surface area contributed by atoms with Gasteiger partial charge in [0.05, 0.1) is 5.25 Å². The van der Waals surface area contributed by atoms with Gasteiger partial charge in [0.2, 0.25) is 10.0 Å². The summed E-state index contributed by atoms with van der Waals surface area (Å²) < 4.78 is 52.8. The molecule has 0 bridgehead atoms. The van der Waals surface area contributed by atoms with Gasteiger partial charge in [-0.2, -0.15) is 4.31 Å². The van der Waals surface area contributed by atoms with Crippen LogP contribution in [0.2, 0.25) is 0 Å². The van der Waals surface area contributed by atoms with E-state index in [1.165, 1.54) is 15.3 Å². The van der Waals surface area contributed by atoms with Crippen LogP contribution in [0.15, 0.2) is 18.2 Å². The van der Waals surface area contributed by atoms with Gasteiger partial charge in [-0.15, -0.1) is 0 Å². The molecule has 2 aliphatic rings. The van der Waals surface area contributed by atoms with E-state index in [0.717, 1.165) is 25.0 Å². The molecule has 1 aliphatic heterocycles. The molecule has 1 heterocycles. The number of carbonyl (C=O) groups excluding carboxylic acids is 1. The van der Waals surface area contributed by atoms with Gasteiger partial charge in [0.15, 0.2) is 11.6 Å². The van der Waals surface area contributed by atoms with E-state index >= 15 is 0 Å². The Bertz CT molecular complexity index is 725. The van der Waals surface area contributed by atoms with Crippen LogP contribution in [0, 0.1) is 11.6 Å². The maximum atomic E-state index is 13.3. The fourth-order valence-corrected chi connectivity index (χ4v) is 5.38. The van der Waals surface area contributed by atoms with Gasteiger partial charge in [-0.25, -0.2) is 17.2 Å². The van der Waals surface area contributed by atoms with Crippen molar-refractivity contribution >= 4 is 15.9 Å². The lowest BCUT2D eigenvalue weighted by atomic mass is 10.1. The minimum Gasteiger partial charge on any atom is -0.336 e. The SMILES string of the molecule is O=C(c1ccc(F)c(F)c1)N1CCN(S(=O)(=O)C2CCCC2)CC1. The van der Waals surface area contributed by atoms with Crippen LogP contribution in [0.25, 0.3) is 0 Å². The Morgan fingerprint density at radius 2 is 1.62 bits per heavy atom. The first-order valence-electron chi connectivity index (χ1n) is 8.13. The molecule has 1 saturated carbocycles. The van der Waals surface area contributed by atoms with Gasteiger partial charge < -0.3 is 4.90 Å². The highest BCUT2D eigenvalue weighted by molar-refractivity contribution is 7.89. The molecular weight excluding hydrogens is 338 g/mol. The van der Waals surface area contributed by atoms with Crippen molar-refractivity contribution in [2.24, 2.45) is 0 Å². The average Bonchev–Trinajstić information content (AvgIpc) is 3.12. The van der Waals surface area contributed by atoms with E-state index in [9.17, 15) is 22.0 Å². The number of amides is 1. The first kappa shape index (κ1) is 17.3. The van der Waals surface area contributed by atoms with Gasteiger partial charge in [-0.05, 0) is 31.0 Å². The van der Waals surface area contributed by atoms with Crippen molar-refractivity contribution in [3.8, 4) is 0 Å². The zero-order chi connectivity index (χ0) is 17.3. The monoisotopic (exact) mass is 358 g/mol. The van der Waals surface area contributed by atoms with Crippen molar-refractivity contribution in [2.45, 2.75) is 30.9 Å². The van der Waals surface area contributed by atoms with E-state index in [-0.39, 0.29) is 37.0 Å². The average molecular weight is 358 g/mol. The summed E-state index contributed by atoms with van der Waals surface area (Å²) >= 11 is 0. The van der Waals surface area contributed by atoms with Crippen molar-refractivity contribution in [1.29, 1.82) is 0 Å². The Hall–Kier alpha value is -1.54. The number of nitrogens with zero attached hydrogens (tertiary/aromatic N) is 2. The second kappa shape index (κ2) is 6.76. The fraction of sp³-hybridized carbons (Fsp3) is 0.562. The van der Waals surface area contributed by atoms with Crippen molar-refractivity contribution in [3.63, 3.8) is 0 Å². The molecule has 1 aliphatic carbocycles. The zero-order valence-corrected chi connectivity index (χ0v) is 14.1. The van der Waals surface area contributed by atoms with Gasteiger partial charge in [0.1, 0.15) is 0 Å². The molecule has 0 N–H and O–H groups in total. The summed E-state index contributed by atoms with van der Waals surface area (Å²) in [6.07, 6.45) is 3.30. The second-order valence-electron chi connectivity index (χ2n) is 6.27. The van der Waals surface area contributed by atoms with Crippen LogP contribution in [0.1, 0.15) is 36.0 Å². The maximum absolute atomic E-state index is 13.3. The number of carbonyl (C=O) groups is 1. The van der Waals surface area contributed by atoms with E-state index in [2.05, 4.69) is 0 Å². The molecule has 1 aromatic rings. The van der Waals surface area contributed by atoms with Gasteiger partial charge in [0, 0.05) is 31.7 Å². The van der Waals surface area contributed by atoms with E-state index < -0.39 is 27.6 Å². The molecule has 8 heteroatoms. The number of hydrogen-bond acceptors (Lipinski definition) is 3. The number of hydrogen-bond donors (Lipinski definition) is 0. The first-order valence-corrected chi connectivity index (χ1v) is 9.63. The Balaban J connectivity index is 1.64. The van der Waals surface area contributed by atoms with E-state index in [4.69, 9.17) is 0 Å². The molecule has 0 atom stereocenters. The Morgan fingerprint density at radius 1 is 1.00 bits per heavy atom. The number of halogens is 2. The zero-order valence-electron chi connectivity index (χ0n) is 13.2. The number of benzene rings is 1. The summed E-state index contributed by atoms with van der Waals surface area (Å²) in [6, 6.07) is 3.03. The van der Waals surface area contributed by atoms with Gasteiger partial charge in [-0.3, -0.25) is 4.79 Å². The lowest BCUT2D eigenvalue weighted by Crippen LogP contribution is -2.52. The van der Waals surface area contributed by atoms with Gasteiger partial charge in [-0.1, -0.05) is 12.8 Å². The normalized spacial score (nSPS) is 20.5. The summed E-state index contributed by atoms with van der Waals surface area (Å²) in [6.45, 7) is 0.996. The summed E-state index contributed by atoms with van der Waals surface area (Å²) in [7, 11) is -3.30. The topological polar surface area (TPSA) is 57.7 Å². The molecule has 1 saturated heterocycles. The first-order chi connectivity index (χ1) is 11.4. The Kier molecular flexibility index (Phi) is 4.87.